The van der Waals surface area contributed by atoms with Crippen LogP contribution in [0.4, 0.5) is 13.2 Å². The average Bonchev–Trinajstić information content (AvgIpc) is 3.72. The van der Waals surface area contributed by atoms with Gasteiger partial charge in [0.05, 0.1) is 17.9 Å². The Kier molecular flexibility index (Phi) is 8.64. The molecule has 2 aromatic heterocycles. The molecule has 1 N–H and O–H groups in total. The summed E-state index contributed by atoms with van der Waals surface area (Å²) in [6, 6.07) is 11.2. The van der Waals surface area contributed by atoms with Crippen LogP contribution >= 0.6 is 0 Å². The van der Waals surface area contributed by atoms with Crippen molar-refractivity contribution < 1.29 is 22.7 Å². The van der Waals surface area contributed by atoms with Crippen molar-refractivity contribution in [2.45, 2.75) is 64.5 Å². The number of aryl methyl sites for hydroxylation is 3. The van der Waals surface area contributed by atoms with E-state index in [4.69, 9.17) is 4.74 Å². The number of likely N-dealkylation sites (tertiary alicyclic amines) is 1. The summed E-state index contributed by atoms with van der Waals surface area (Å²) in [4.78, 5) is 14.8. The molecule has 1 aliphatic heterocycles. The number of hydrogen-bond donors (Lipinski definition) is 1. The van der Waals surface area contributed by atoms with Gasteiger partial charge in [0.2, 0.25) is 0 Å². The molecule has 1 saturated heterocycles. The molecule has 3 atom stereocenters. The van der Waals surface area contributed by atoms with Gasteiger partial charge in [-0.1, -0.05) is 6.07 Å². The van der Waals surface area contributed by atoms with Crippen molar-refractivity contribution in [2.75, 3.05) is 13.7 Å². The molecule has 0 radical (unpaired) electrons. The number of aromatic nitrogens is 4. The summed E-state index contributed by atoms with van der Waals surface area (Å²) in [5.41, 5.74) is 5.80. The second kappa shape index (κ2) is 12.2. The monoisotopic (exact) mass is 594 g/mol. The number of alkyl halides is 3. The van der Waals surface area contributed by atoms with Crippen LogP contribution in [-0.4, -0.2) is 62.3 Å². The van der Waals surface area contributed by atoms with Crippen molar-refractivity contribution >= 4 is 5.91 Å². The number of amides is 1. The van der Waals surface area contributed by atoms with Crippen LogP contribution < -0.4 is 10.1 Å². The number of carbonyl (C=O) groups is 1. The standard InChI is InChI=1S/C32H37F3N6O2/c1-6-41-12-11-29(38-41)24-14-22(13-23(15-24)25-17-36-39(4)18-25)21(3)37-31(42)28-16-27(9-7-20(28)2)43-19-26-8-10-30(40(26)5)32(33,34)35/h7,9,11-18,21,26,30H,6,8,10,19H2,1-5H3,(H,37,42)/t21-,26+,30+/m1/s1. The highest BCUT2D eigenvalue weighted by Gasteiger charge is 2.47. The van der Waals surface area contributed by atoms with Crippen LogP contribution in [0.25, 0.3) is 22.4 Å². The van der Waals surface area contributed by atoms with Crippen molar-refractivity contribution in [3.63, 3.8) is 0 Å². The second-order valence-electron chi connectivity index (χ2n) is 11.2. The lowest BCUT2D eigenvalue weighted by molar-refractivity contribution is -0.176. The fraction of sp³-hybridized carbons (Fsp3) is 0.406. The molecule has 0 unspecified atom stereocenters. The second-order valence-corrected chi connectivity index (χ2v) is 11.2. The minimum Gasteiger partial charge on any atom is -0.492 e. The average molecular weight is 595 g/mol. The van der Waals surface area contributed by atoms with E-state index >= 15 is 0 Å². The first-order valence-corrected chi connectivity index (χ1v) is 14.4. The number of benzene rings is 2. The van der Waals surface area contributed by atoms with E-state index in [0.717, 1.165) is 40.1 Å². The van der Waals surface area contributed by atoms with E-state index in [1.165, 1.54) is 11.9 Å². The van der Waals surface area contributed by atoms with E-state index in [2.05, 4.69) is 21.6 Å². The first-order chi connectivity index (χ1) is 20.4. The normalized spacial score (nSPS) is 18.1. The molecule has 0 aliphatic carbocycles. The molecule has 0 bridgehead atoms. The molecule has 0 spiro atoms. The summed E-state index contributed by atoms with van der Waals surface area (Å²) < 4.78 is 49.3. The van der Waals surface area contributed by atoms with Gasteiger partial charge in [0, 0.05) is 48.7 Å². The molecule has 228 valence electrons. The highest BCUT2D eigenvalue weighted by Crippen LogP contribution is 2.35. The molecular weight excluding hydrogens is 557 g/mol. The molecule has 0 saturated carbocycles. The molecule has 1 fully saturated rings. The number of likely N-dealkylation sites (N-methyl/N-ethyl adjacent to an activating group) is 1. The zero-order valence-corrected chi connectivity index (χ0v) is 25.0. The van der Waals surface area contributed by atoms with E-state index in [-0.39, 0.29) is 31.0 Å². The van der Waals surface area contributed by atoms with Crippen molar-refractivity contribution in [3.05, 3.63) is 77.7 Å². The molecular formula is C32H37F3N6O2. The third-order valence-electron chi connectivity index (χ3n) is 8.22. The zero-order valence-electron chi connectivity index (χ0n) is 25.0. The number of nitrogens with one attached hydrogen (secondary N) is 1. The van der Waals surface area contributed by atoms with Gasteiger partial charge in [-0.25, -0.2) is 0 Å². The Labute approximate surface area is 249 Å². The van der Waals surface area contributed by atoms with Gasteiger partial charge in [-0.15, -0.1) is 0 Å². The molecule has 2 aromatic carbocycles. The lowest BCUT2D eigenvalue weighted by Crippen LogP contribution is -2.43. The molecule has 43 heavy (non-hydrogen) atoms. The summed E-state index contributed by atoms with van der Waals surface area (Å²) in [5, 5.41) is 12.1. The summed E-state index contributed by atoms with van der Waals surface area (Å²) >= 11 is 0. The Balaban J connectivity index is 1.33. The first-order valence-electron chi connectivity index (χ1n) is 14.4. The van der Waals surface area contributed by atoms with Gasteiger partial charge < -0.3 is 10.1 Å². The largest absolute Gasteiger partial charge is 0.492 e. The van der Waals surface area contributed by atoms with Crippen LogP contribution in [0.15, 0.2) is 61.1 Å². The maximum absolute atomic E-state index is 13.5. The molecule has 8 nitrogen and oxygen atoms in total. The van der Waals surface area contributed by atoms with Gasteiger partial charge in [-0.2, -0.15) is 23.4 Å². The maximum Gasteiger partial charge on any atom is 0.404 e. The molecule has 1 aliphatic rings. The fourth-order valence-corrected chi connectivity index (χ4v) is 5.57. The Bertz CT molecular complexity index is 1590. The minimum atomic E-state index is -4.26. The fourth-order valence-electron chi connectivity index (χ4n) is 5.57. The number of carbonyl (C=O) groups excluding carboxylic acids is 1. The Morgan fingerprint density at radius 2 is 1.86 bits per heavy atom. The topological polar surface area (TPSA) is 77.2 Å². The first kappa shape index (κ1) is 30.3. The molecule has 11 heteroatoms. The molecule has 4 aromatic rings. The van der Waals surface area contributed by atoms with Crippen molar-refractivity contribution in [2.24, 2.45) is 7.05 Å². The van der Waals surface area contributed by atoms with Gasteiger partial charge in [-0.3, -0.25) is 19.1 Å². The third-order valence-corrected chi connectivity index (χ3v) is 8.22. The van der Waals surface area contributed by atoms with E-state index in [0.29, 0.717) is 17.7 Å². The summed E-state index contributed by atoms with van der Waals surface area (Å²) in [5.74, 6) is 0.175. The number of hydrogen-bond acceptors (Lipinski definition) is 5. The quantitative estimate of drug-likeness (QED) is 0.251. The summed E-state index contributed by atoms with van der Waals surface area (Å²) in [6.07, 6.45) is 1.88. The molecule has 3 heterocycles. The number of nitrogens with zero attached hydrogens (tertiary/aromatic N) is 5. The van der Waals surface area contributed by atoms with E-state index < -0.39 is 12.2 Å². The van der Waals surface area contributed by atoms with Crippen molar-refractivity contribution in [3.8, 4) is 28.1 Å². The Hall–Kier alpha value is -4.12. The van der Waals surface area contributed by atoms with Crippen LogP contribution in [0.3, 0.4) is 0 Å². The minimum absolute atomic E-state index is 0.0532. The lowest BCUT2D eigenvalue weighted by Gasteiger charge is -2.27. The summed E-state index contributed by atoms with van der Waals surface area (Å²) in [6.45, 7) is 6.67. The van der Waals surface area contributed by atoms with Crippen LogP contribution in [0.2, 0.25) is 0 Å². The molecule has 1 amide bonds. The number of rotatable bonds is 9. The summed E-state index contributed by atoms with van der Waals surface area (Å²) in [7, 11) is 3.35. The van der Waals surface area contributed by atoms with E-state index in [9.17, 15) is 18.0 Å². The van der Waals surface area contributed by atoms with Gasteiger partial charge in [0.1, 0.15) is 18.4 Å². The van der Waals surface area contributed by atoms with Gasteiger partial charge in [0.25, 0.3) is 5.91 Å². The molecule has 5 rings (SSSR count). The zero-order chi connectivity index (χ0) is 30.9. The SMILES string of the molecule is CCn1ccc(-c2cc(-c3cnn(C)c3)cc([C@@H](C)NC(=O)c3cc(OC[C@@H]4CC[C@@H](C(F)(F)F)N4C)ccc3C)c2)n1. The van der Waals surface area contributed by atoms with Gasteiger partial charge >= 0.3 is 6.18 Å². The predicted molar refractivity (Wildman–Crippen MR) is 159 cm³/mol. The van der Waals surface area contributed by atoms with Crippen molar-refractivity contribution in [1.82, 2.24) is 29.8 Å². The maximum atomic E-state index is 13.5. The van der Waals surface area contributed by atoms with E-state index in [1.807, 2.05) is 63.1 Å². The smallest absolute Gasteiger partial charge is 0.404 e. The third kappa shape index (κ3) is 6.77. The predicted octanol–water partition coefficient (Wildman–Crippen LogP) is 6.17. The van der Waals surface area contributed by atoms with Gasteiger partial charge in [0.15, 0.2) is 0 Å². The Morgan fingerprint density at radius 3 is 2.51 bits per heavy atom. The van der Waals surface area contributed by atoms with Gasteiger partial charge in [-0.05, 0) is 93.7 Å². The van der Waals surface area contributed by atoms with Crippen molar-refractivity contribution in [1.29, 1.82) is 0 Å². The highest BCUT2D eigenvalue weighted by atomic mass is 19.4. The van der Waals surface area contributed by atoms with Crippen LogP contribution in [-0.2, 0) is 13.6 Å². The van der Waals surface area contributed by atoms with E-state index in [1.54, 1.807) is 29.1 Å². The number of halogens is 3. The Morgan fingerprint density at radius 1 is 1.09 bits per heavy atom. The lowest BCUT2D eigenvalue weighted by atomic mass is 9.96. The highest BCUT2D eigenvalue weighted by molar-refractivity contribution is 5.96. The number of ether oxygens (including phenoxy) is 1. The van der Waals surface area contributed by atoms with Crippen LogP contribution in [0.5, 0.6) is 5.75 Å². The van der Waals surface area contributed by atoms with Crippen LogP contribution in [0.1, 0.15) is 54.2 Å². The van der Waals surface area contributed by atoms with Crippen LogP contribution in [0, 0.1) is 6.92 Å².